The van der Waals surface area contributed by atoms with Crippen LogP contribution in [-0.2, 0) is 11.2 Å². The number of aliphatic carboxylic acids is 1. The van der Waals surface area contributed by atoms with Gasteiger partial charge in [-0.2, -0.15) is 0 Å². The Morgan fingerprint density at radius 2 is 2.17 bits per heavy atom. The SMILES string of the molecule is CCOc1ccc(CCN(C)CC(=O)O)cc1C. The number of carboxylic acids is 1. The van der Waals surface area contributed by atoms with Gasteiger partial charge in [0.1, 0.15) is 5.75 Å². The van der Waals surface area contributed by atoms with Crippen LogP contribution in [0.4, 0.5) is 0 Å². The monoisotopic (exact) mass is 251 g/mol. The third-order valence-corrected chi connectivity index (χ3v) is 2.73. The van der Waals surface area contributed by atoms with Crippen molar-refractivity contribution in [3.05, 3.63) is 29.3 Å². The highest BCUT2D eigenvalue weighted by Gasteiger charge is 2.05. The number of nitrogens with zero attached hydrogens (tertiary/aromatic N) is 1. The third-order valence-electron chi connectivity index (χ3n) is 2.73. The average molecular weight is 251 g/mol. The van der Waals surface area contributed by atoms with E-state index >= 15 is 0 Å². The van der Waals surface area contributed by atoms with E-state index < -0.39 is 5.97 Å². The lowest BCUT2D eigenvalue weighted by molar-refractivity contribution is -0.137. The predicted octanol–water partition coefficient (Wildman–Crippen LogP) is 1.95. The van der Waals surface area contributed by atoms with Gasteiger partial charge in [-0.3, -0.25) is 9.69 Å². The predicted molar refractivity (Wildman–Crippen MR) is 71.2 cm³/mol. The largest absolute Gasteiger partial charge is 0.494 e. The molecule has 1 N–H and O–H groups in total. The van der Waals surface area contributed by atoms with Crippen LogP contribution in [0.15, 0.2) is 18.2 Å². The van der Waals surface area contributed by atoms with Crippen LogP contribution in [-0.4, -0.2) is 42.7 Å². The van der Waals surface area contributed by atoms with Crippen molar-refractivity contribution in [1.29, 1.82) is 0 Å². The first-order chi connectivity index (χ1) is 8.52. The molecule has 0 radical (unpaired) electrons. The van der Waals surface area contributed by atoms with Crippen LogP contribution < -0.4 is 4.74 Å². The maximum atomic E-state index is 10.5. The van der Waals surface area contributed by atoms with E-state index in [2.05, 4.69) is 6.07 Å². The minimum absolute atomic E-state index is 0.0794. The first-order valence-corrected chi connectivity index (χ1v) is 6.15. The zero-order valence-corrected chi connectivity index (χ0v) is 11.3. The molecule has 0 heterocycles. The Morgan fingerprint density at radius 3 is 2.72 bits per heavy atom. The second-order valence-electron chi connectivity index (χ2n) is 4.41. The second kappa shape index (κ2) is 7.01. The van der Waals surface area contributed by atoms with Gasteiger partial charge < -0.3 is 9.84 Å². The number of rotatable bonds is 7. The maximum Gasteiger partial charge on any atom is 0.317 e. The summed E-state index contributed by atoms with van der Waals surface area (Å²) in [5.41, 5.74) is 2.32. The van der Waals surface area contributed by atoms with Crippen molar-refractivity contribution in [2.75, 3.05) is 26.7 Å². The Hall–Kier alpha value is -1.55. The number of likely N-dealkylation sites (N-methyl/N-ethyl adjacent to an activating group) is 1. The number of benzene rings is 1. The number of hydrogen-bond donors (Lipinski definition) is 1. The van der Waals surface area contributed by atoms with Crippen LogP contribution in [0.25, 0.3) is 0 Å². The molecular formula is C14H21NO3. The topological polar surface area (TPSA) is 49.8 Å². The number of carbonyl (C=O) groups is 1. The fraction of sp³-hybridized carbons (Fsp3) is 0.500. The molecule has 0 aliphatic heterocycles. The highest BCUT2D eigenvalue weighted by atomic mass is 16.5. The van der Waals surface area contributed by atoms with Gasteiger partial charge >= 0.3 is 5.97 Å². The molecule has 0 saturated heterocycles. The third kappa shape index (κ3) is 4.75. The molecule has 0 spiro atoms. The van der Waals surface area contributed by atoms with E-state index in [0.717, 1.165) is 24.3 Å². The van der Waals surface area contributed by atoms with E-state index in [1.807, 2.05) is 33.0 Å². The molecule has 0 aliphatic carbocycles. The van der Waals surface area contributed by atoms with Gasteiger partial charge in [-0.1, -0.05) is 12.1 Å². The van der Waals surface area contributed by atoms with E-state index in [1.54, 1.807) is 4.90 Å². The lowest BCUT2D eigenvalue weighted by Crippen LogP contribution is -2.27. The van der Waals surface area contributed by atoms with E-state index in [0.29, 0.717) is 6.61 Å². The molecule has 0 unspecified atom stereocenters. The molecule has 0 saturated carbocycles. The van der Waals surface area contributed by atoms with Crippen molar-refractivity contribution in [3.8, 4) is 5.75 Å². The zero-order valence-electron chi connectivity index (χ0n) is 11.3. The fourth-order valence-electron chi connectivity index (χ4n) is 1.81. The summed E-state index contributed by atoms with van der Waals surface area (Å²) >= 11 is 0. The van der Waals surface area contributed by atoms with Gasteiger partial charge in [0.15, 0.2) is 0 Å². The zero-order chi connectivity index (χ0) is 13.5. The van der Waals surface area contributed by atoms with E-state index in [4.69, 9.17) is 9.84 Å². The number of ether oxygens (including phenoxy) is 1. The molecule has 0 fully saturated rings. The minimum Gasteiger partial charge on any atom is -0.494 e. The molecule has 100 valence electrons. The lowest BCUT2D eigenvalue weighted by atomic mass is 10.1. The summed E-state index contributed by atoms with van der Waals surface area (Å²) < 4.78 is 5.48. The van der Waals surface area contributed by atoms with Crippen LogP contribution in [0.3, 0.4) is 0 Å². The van der Waals surface area contributed by atoms with Gasteiger partial charge in [0.25, 0.3) is 0 Å². The fourth-order valence-corrected chi connectivity index (χ4v) is 1.81. The van der Waals surface area contributed by atoms with Gasteiger partial charge in [0.05, 0.1) is 13.2 Å². The van der Waals surface area contributed by atoms with Crippen LogP contribution in [0.5, 0.6) is 5.75 Å². The average Bonchev–Trinajstić information content (AvgIpc) is 2.29. The maximum absolute atomic E-state index is 10.5. The lowest BCUT2D eigenvalue weighted by Gasteiger charge is -2.14. The Labute approximate surface area is 108 Å². The van der Waals surface area contributed by atoms with E-state index in [-0.39, 0.29) is 6.54 Å². The molecule has 0 bridgehead atoms. The molecule has 0 amide bonds. The number of aryl methyl sites for hydroxylation is 1. The van der Waals surface area contributed by atoms with Crippen LogP contribution in [0, 0.1) is 6.92 Å². The Morgan fingerprint density at radius 1 is 1.44 bits per heavy atom. The van der Waals surface area contributed by atoms with Gasteiger partial charge in [0.2, 0.25) is 0 Å². The number of hydrogen-bond acceptors (Lipinski definition) is 3. The Balaban J connectivity index is 2.53. The first kappa shape index (κ1) is 14.5. The Bertz CT molecular complexity index is 404. The molecule has 4 heteroatoms. The van der Waals surface area contributed by atoms with Gasteiger partial charge in [-0.05, 0) is 44.5 Å². The summed E-state index contributed by atoms with van der Waals surface area (Å²) in [6, 6.07) is 6.11. The molecule has 4 nitrogen and oxygen atoms in total. The molecule has 0 aliphatic rings. The molecule has 0 aromatic heterocycles. The second-order valence-corrected chi connectivity index (χ2v) is 4.41. The van der Waals surface area contributed by atoms with Crippen molar-refractivity contribution >= 4 is 5.97 Å². The van der Waals surface area contributed by atoms with Crippen molar-refractivity contribution in [1.82, 2.24) is 4.90 Å². The van der Waals surface area contributed by atoms with E-state index in [9.17, 15) is 4.79 Å². The van der Waals surface area contributed by atoms with Crippen molar-refractivity contribution in [2.45, 2.75) is 20.3 Å². The first-order valence-electron chi connectivity index (χ1n) is 6.15. The van der Waals surface area contributed by atoms with Crippen LogP contribution >= 0.6 is 0 Å². The minimum atomic E-state index is -0.791. The summed E-state index contributed by atoms with van der Waals surface area (Å²) in [6.45, 7) is 5.47. The van der Waals surface area contributed by atoms with Crippen molar-refractivity contribution in [2.24, 2.45) is 0 Å². The molecule has 18 heavy (non-hydrogen) atoms. The van der Waals surface area contributed by atoms with Crippen LogP contribution in [0.1, 0.15) is 18.1 Å². The summed E-state index contributed by atoms with van der Waals surface area (Å²) in [6.07, 6.45) is 0.844. The highest BCUT2D eigenvalue weighted by Crippen LogP contribution is 2.19. The molecule has 1 rings (SSSR count). The standard InChI is InChI=1S/C14H21NO3/c1-4-18-13-6-5-12(9-11(13)2)7-8-15(3)10-14(16)17/h5-6,9H,4,7-8,10H2,1-3H3,(H,16,17). The molecule has 1 aromatic carbocycles. The smallest absolute Gasteiger partial charge is 0.317 e. The summed E-state index contributed by atoms with van der Waals surface area (Å²) in [5.74, 6) is 0.125. The Kier molecular flexibility index (Phi) is 5.65. The van der Waals surface area contributed by atoms with Gasteiger partial charge in [-0.15, -0.1) is 0 Å². The van der Waals surface area contributed by atoms with Gasteiger partial charge in [0, 0.05) is 6.54 Å². The molecule has 0 atom stereocenters. The van der Waals surface area contributed by atoms with Crippen molar-refractivity contribution < 1.29 is 14.6 Å². The molecule has 1 aromatic rings. The van der Waals surface area contributed by atoms with Gasteiger partial charge in [-0.25, -0.2) is 0 Å². The quantitative estimate of drug-likeness (QED) is 0.804. The van der Waals surface area contributed by atoms with Crippen molar-refractivity contribution in [3.63, 3.8) is 0 Å². The summed E-state index contributed by atoms with van der Waals surface area (Å²) in [7, 11) is 1.82. The summed E-state index contributed by atoms with van der Waals surface area (Å²) in [5, 5.41) is 8.66. The number of carboxylic acid groups (broad SMARTS) is 1. The summed E-state index contributed by atoms with van der Waals surface area (Å²) in [4.78, 5) is 12.3. The highest BCUT2D eigenvalue weighted by molar-refractivity contribution is 5.69. The molecular weight excluding hydrogens is 230 g/mol. The van der Waals surface area contributed by atoms with Crippen LogP contribution in [0.2, 0.25) is 0 Å². The van der Waals surface area contributed by atoms with E-state index in [1.165, 1.54) is 5.56 Å². The normalized spacial score (nSPS) is 10.7.